The third-order valence-corrected chi connectivity index (χ3v) is 6.38. The highest BCUT2D eigenvalue weighted by Crippen LogP contribution is 2.37. The van der Waals surface area contributed by atoms with Gasteiger partial charge in [0.05, 0.1) is 17.8 Å². The molecule has 0 saturated carbocycles. The molecule has 5 heterocycles. The molecule has 4 fully saturated rings. The lowest BCUT2D eigenvalue weighted by Crippen LogP contribution is -2.48. The quantitative estimate of drug-likeness (QED) is 0.838. The first-order valence-electron chi connectivity index (χ1n) is 9.91. The van der Waals surface area contributed by atoms with Crippen molar-refractivity contribution in [3.8, 4) is 5.75 Å². The average molecular weight is 340 g/mol. The first kappa shape index (κ1) is 15.6. The monoisotopic (exact) mass is 340 g/mol. The second kappa shape index (κ2) is 6.61. The maximum absolute atomic E-state index is 5.99. The van der Waals surface area contributed by atoms with E-state index in [1.165, 1.54) is 62.8 Å². The van der Waals surface area contributed by atoms with Crippen molar-refractivity contribution >= 4 is 10.9 Å². The summed E-state index contributed by atoms with van der Waals surface area (Å²) < 4.78 is 8.27. The Morgan fingerprint density at radius 2 is 1.92 bits per heavy atom. The zero-order valence-electron chi connectivity index (χ0n) is 14.9. The Bertz CT molecular complexity index is 728. The maximum atomic E-state index is 5.99. The fraction of sp³-hybridized carbons (Fsp3) is 0.650. The second-order valence-electron chi connectivity index (χ2n) is 7.91. The number of aromatic nitrogens is 2. The molecule has 4 aliphatic rings. The minimum atomic E-state index is 0.543. The summed E-state index contributed by atoms with van der Waals surface area (Å²) in [5.74, 6) is 1.77. The van der Waals surface area contributed by atoms with Crippen LogP contribution < -0.4 is 4.74 Å². The van der Waals surface area contributed by atoms with Gasteiger partial charge in [0.2, 0.25) is 0 Å². The van der Waals surface area contributed by atoms with Gasteiger partial charge in [0.25, 0.3) is 0 Å². The van der Waals surface area contributed by atoms with E-state index in [-0.39, 0.29) is 0 Å². The van der Waals surface area contributed by atoms with Gasteiger partial charge in [0.1, 0.15) is 12.4 Å². The molecule has 0 radical (unpaired) electrons. The molecule has 1 atom stereocenters. The number of piperidine rings is 3. The number of nitrogens with zero attached hydrogens (tertiary/aromatic N) is 4. The summed E-state index contributed by atoms with van der Waals surface area (Å²) in [7, 11) is 0. The van der Waals surface area contributed by atoms with Crippen molar-refractivity contribution < 1.29 is 4.74 Å². The molecule has 0 unspecified atom stereocenters. The van der Waals surface area contributed by atoms with Crippen molar-refractivity contribution in [3.63, 3.8) is 0 Å². The minimum Gasteiger partial charge on any atom is -0.492 e. The van der Waals surface area contributed by atoms with Crippen LogP contribution in [-0.2, 0) is 0 Å². The van der Waals surface area contributed by atoms with E-state index in [9.17, 15) is 0 Å². The van der Waals surface area contributed by atoms with Gasteiger partial charge in [0, 0.05) is 18.5 Å². The van der Waals surface area contributed by atoms with Crippen molar-refractivity contribution in [1.82, 2.24) is 19.6 Å². The van der Waals surface area contributed by atoms with E-state index >= 15 is 0 Å². The molecule has 4 saturated heterocycles. The molecule has 0 aliphatic carbocycles. The van der Waals surface area contributed by atoms with Crippen LogP contribution in [0.1, 0.15) is 31.7 Å². The van der Waals surface area contributed by atoms with Crippen LogP contribution in [0.5, 0.6) is 5.75 Å². The van der Waals surface area contributed by atoms with E-state index in [0.29, 0.717) is 6.04 Å². The van der Waals surface area contributed by atoms with E-state index < -0.39 is 0 Å². The Labute approximate surface area is 149 Å². The van der Waals surface area contributed by atoms with Crippen LogP contribution >= 0.6 is 0 Å². The number of fused-ring (bicyclic) bond motifs is 4. The highest BCUT2D eigenvalue weighted by atomic mass is 16.5. The summed E-state index contributed by atoms with van der Waals surface area (Å²) >= 11 is 0. The maximum Gasteiger partial charge on any atom is 0.120 e. The molecule has 0 N–H and O–H groups in total. The van der Waals surface area contributed by atoms with Crippen LogP contribution in [0.2, 0.25) is 0 Å². The van der Waals surface area contributed by atoms with E-state index in [1.54, 1.807) is 0 Å². The Hall–Kier alpha value is -1.59. The third kappa shape index (κ3) is 3.04. The Kier molecular flexibility index (Phi) is 4.14. The molecule has 6 rings (SSSR count). The average Bonchev–Trinajstić information content (AvgIpc) is 3.32. The van der Waals surface area contributed by atoms with Crippen LogP contribution in [0.25, 0.3) is 10.9 Å². The summed E-state index contributed by atoms with van der Waals surface area (Å²) in [6.07, 6.45) is 7.34. The molecule has 1 aromatic heterocycles. The number of ether oxygens (including phenoxy) is 1. The predicted molar refractivity (Wildman–Crippen MR) is 99.1 cm³/mol. The molecule has 134 valence electrons. The molecule has 5 nitrogen and oxygen atoms in total. The largest absolute Gasteiger partial charge is 0.492 e. The van der Waals surface area contributed by atoms with Gasteiger partial charge < -0.3 is 9.64 Å². The standard InChI is InChI=1S/C20H28N4O/c1-2-8-22(7-1)11-12-25-18-3-4-19-17(13-18)14-21-24(19)20-15-23-9-5-16(20)6-10-23/h3-4,13-14,16,20H,1-2,5-12,15H2/t20-/m1/s1. The van der Waals surface area contributed by atoms with Gasteiger partial charge in [-0.2, -0.15) is 5.10 Å². The smallest absolute Gasteiger partial charge is 0.120 e. The summed E-state index contributed by atoms with van der Waals surface area (Å²) in [5.41, 5.74) is 1.26. The lowest BCUT2D eigenvalue weighted by atomic mass is 9.84. The number of rotatable bonds is 5. The molecule has 1 aromatic carbocycles. The first-order valence-corrected chi connectivity index (χ1v) is 9.91. The molecule has 5 heteroatoms. The topological polar surface area (TPSA) is 33.5 Å². The van der Waals surface area contributed by atoms with Gasteiger partial charge in [-0.3, -0.25) is 9.58 Å². The van der Waals surface area contributed by atoms with Crippen LogP contribution in [0.3, 0.4) is 0 Å². The summed E-state index contributed by atoms with van der Waals surface area (Å²) in [4.78, 5) is 5.08. The fourth-order valence-corrected chi connectivity index (χ4v) is 4.90. The highest BCUT2D eigenvalue weighted by Gasteiger charge is 2.36. The normalized spacial score (nSPS) is 29.5. The second-order valence-corrected chi connectivity index (χ2v) is 7.91. The lowest BCUT2D eigenvalue weighted by Gasteiger charge is -2.44. The first-order chi connectivity index (χ1) is 12.4. The zero-order valence-corrected chi connectivity index (χ0v) is 14.9. The van der Waals surface area contributed by atoms with Crippen molar-refractivity contribution in [2.24, 2.45) is 5.92 Å². The van der Waals surface area contributed by atoms with Gasteiger partial charge in [0.15, 0.2) is 0 Å². The van der Waals surface area contributed by atoms with Crippen molar-refractivity contribution in [1.29, 1.82) is 0 Å². The molecule has 2 bridgehead atoms. The predicted octanol–water partition coefficient (Wildman–Crippen LogP) is 2.78. The van der Waals surface area contributed by atoms with Gasteiger partial charge in [-0.15, -0.1) is 0 Å². The summed E-state index contributed by atoms with van der Waals surface area (Å²) in [5, 5.41) is 5.95. The Morgan fingerprint density at radius 1 is 1.08 bits per heavy atom. The van der Waals surface area contributed by atoms with Crippen LogP contribution in [0.4, 0.5) is 0 Å². The van der Waals surface area contributed by atoms with Gasteiger partial charge in [-0.25, -0.2) is 0 Å². The Morgan fingerprint density at radius 3 is 2.68 bits per heavy atom. The SMILES string of the molecule is c1cc2c(cnn2[C@@H]2CN3CCC2CC3)cc1OCCN1CCCC1. The number of hydrogen-bond acceptors (Lipinski definition) is 4. The molecule has 25 heavy (non-hydrogen) atoms. The highest BCUT2D eigenvalue weighted by molar-refractivity contribution is 5.80. The number of benzene rings is 1. The van der Waals surface area contributed by atoms with Crippen molar-refractivity contribution in [3.05, 3.63) is 24.4 Å². The van der Waals surface area contributed by atoms with Crippen LogP contribution in [0, 0.1) is 5.92 Å². The van der Waals surface area contributed by atoms with E-state index in [4.69, 9.17) is 9.84 Å². The summed E-state index contributed by atoms with van der Waals surface area (Å²) in [6.45, 7) is 7.99. The zero-order chi connectivity index (χ0) is 16.6. The van der Waals surface area contributed by atoms with Crippen molar-refractivity contribution in [2.45, 2.75) is 31.7 Å². The molecular formula is C20H28N4O. The van der Waals surface area contributed by atoms with E-state index in [2.05, 4.69) is 32.7 Å². The molecule has 2 aromatic rings. The van der Waals surface area contributed by atoms with E-state index in [0.717, 1.165) is 31.4 Å². The number of likely N-dealkylation sites (tertiary alicyclic amines) is 1. The molecular weight excluding hydrogens is 312 g/mol. The van der Waals surface area contributed by atoms with Crippen molar-refractivity contribution in [2.75, 3.05) is 45.9 Å². The van der Waals surface area contributed by atoms with Gasteiger partial charge in [-0.1, -0.05) is 0 Å². The van der Waals surface area contributed by atoms with Gasteiger partial charge in [-0.05, 0) is 76.0 Å². The fourth-order valence-electron chi connectivity index (χ4n) is 4.90. The van der Waals surface area contributed by atoms with E-state index in [1.807, 2.05) is 6.20 Å². The minimum absolute atomic E-state index is 0.543. The molecule has 0 amide bonds. The summed E-state index contributed by atoms with van der Waals surface area (Å²) in [6, 6.07) is 7.02. The molecule has 4 aliphatic heterocycles. The van der Waals surface area contributed by atoms with Crippen LogP contribution in [-0.4, -0.2) is 65.5 Å². The third-order valence-electron chi connectivity index (χ3n) is 6.38. The van der Waals surface area contributed by atoms with Crippen LogP contribution in [0.15, 0.2) is 24.4 Å². The Balaban J connectivity index is 1.29. The molecule has 0 spiro atoms. The lowest BCUT2D eigenvalue weighted by molar-refractivity contribution is 0.0534. The van der Waals surface area contributed by atoms with Gasteiger partial charge >= 0.3 is 0 Å². The number of hydrogen-bond donors (Lipinski definition) is 0.